The van der Waals surface area contributed by atoms with Crippen LogP contribution in [-0.4, -0.2) is 45.7 Å². The third-order valence-electron chi connectivity index (χ3n) is 1.55. The molecule has 0 aliphatic rings. The first-order valence-electron chi connectivity index (χ1n) is 3.46. The summed E-state index contributed by atoms with van der Waals surface area (Å²) < 4.78 is 36.3. The molecule has 0 heterocycles. The summed E-state index contributed by atoms with van der Waals surface area (Å²) in [5, 5.41) is 17.4. The van der Waals surface area contributed by atoms with Gasteiger partial charge >= 0.3 is 41.7 Å². The van der Waals surface area contributed by atoms with Crippen LogP contribution in [-0.2, 0) is 6.18 Å². The van der Waals surface area contributed by atoms with Crippen molar-refractivity contribution in [3.8, 4) is 5.75 Å². The minimum atomic E-state index is -4.61. The predicted molar refractivity (Wildman–Crippen MR) is 47.2 cm³/mol. The van der Waals surface area contributed by atoms with E-state index in [1.807, 2.05) is 0 Å². The molecule has 0 unspecified atom stereocenters. The van der Waals surface area contributed by atoms with E-state index in [2.05, 4.69) is 0 Å². The van der Waals surface area contributed by atoms with Crippen molar-refractivity contribution in [3.05, 3.63) is 29.3 Å². The van der Waals surface area contributed by atoms with E-state index in [-0.39, 0.29) is 29.6 Å². The number of aromatic carboxylic acids is 1. The minimum absolute atomic E-state index is 0. The van der Waals surface area contributed by atoms with Crippen LogP contribution in [0, 0.1) is 0 Å². The van der Waals surface area contributed by atoms with E-state index in [0.29, 0.717) is 18.2 Å². The Morgan fingerprint density at radius 1 is 1.27 bits per heavy atom. The van der Waals surface area contributed by atoms with Gasteiger partial charge in [0, 0.05) is 0 Å². The second kappa shape index (κ2) is 4.87. The van der Waals surface area contributed by atoms with E-state index in [0.717, 1.165) is 0 Å². The molecule has 0 saturated carbocycles. The van der Waals surface area contributed by atoms with Crippen LogP contribution in [0.1, 0.15) is 15.9 Å². The zero-order valence-electron chi connectivity index (χ0n) is 6.67. The fourth-order valence-electron chi connectivity index (χ4n) is 0.884. The van der Waals surface area contributed by atoms with Gasteiger partial charge in [-0.1, -0.05) is 0 Å². The van der Waals surface area contributed by atoms with Crippen molar-refractivity contribution in [1.29, 1.82) is 0 Å². The Hall–Kier alpha value is -0.720. The fourth-order valence-corrected chi connectivity index (χ4v) is 0.884. The standard InChI is InChI=1S/C8H5F3O3.Na.H/c9-8(10,11)4-1-2-6(12)5(3-4)7(13)14;;/h1-3,12H,(H,13,14);;. The van der Waals surface area contributed by atoms with Gasteiger partial charge in [0.15, 0.2) is 0 Å². The average molecular weight is 230 g/mol. The molecule has 15 heavy (non-hydrogen) atoms. The second-order valence-corrected chi connectivity index (χ2v) is 2.53. The number of benzene rings is 1. The molecule has 0 atom stereocenters. The van der Waals surface area contributed by atoms with E-state index >= 15 is 0 Å². The molecular weight excluding hydrogens is 224 g/mol. The Labute approximate surface area is 105 Å². The Bertz CT molecular complexity index is 376. The summed E-state index contributed by atoms with van der Waals surface area (Å²) in [7, 11) is 0. The summed E-state index contributed by atoms with van der Waals surface area (Å²) in [5.74, 6) is -2.29. The molecule has 0 aliphatic heterocycles. The summed E-state index contributed by atoms with van der Waals surface area (Å²) in [5.41, 5.74) is -1.87. The number of rotatable bonds is 1. The third kappa shape index (κ3) is 3.40. The van der Waals surface area contributed by atoms with E-state index in [9.17, 15) is 18.0 Å². The summed E-state index contributed by atoms with van der Waals surface area (Å²) in [6, 6.07) is 1.70. The number of phenols is 1. The fraction of sp³-hybridized carbons (Fsp3) is 0.125. The van der Waals surface area contributed by atoms with E-state index in [1.54, 1.807) is 0 Å². The van der Waals surface area contributed by atoms with Crippen LogP contribution in [0.4, 0.5) is 13.2 Å². The number of carboxylic acids is 1. The topological polar surface area (TPSA) is 57.5 Å². The third-order valence-corrected chi connectivity index (χ3v) is 1.55. The van der Waals surface area contributed by atoms with Gasteiger partial charge in [-0.2, -0.15) is 13.2 Å². The van der Waals surface area contributed by atoms with Crippen LogP contribution in [0.5, 0.6) is 5.75 Å². The predicted octanol–water partition coefficient (Wildman–Crippen LogP) is 1.46. The van der Waals surface area contributed by atoms with Crippen LogP contribution in [0.25, 0.3) is 0 Å². The van der Waals surface area contributed by atoms with Gasteiger partial charge in [-0.3, -0.25) is 0 Å². The zero-order chi connectivity index (χ0) is 10.9. The van der Waals surface area contributed by atoms with Crippen molar-refractivity contribution < 1.29 is 28.2 Å². The molecule has 1 rings (SSSR count). The SMILES string of the molecule is O=C(O)c1cc(C(F)(F)F)ccc1O.[NaH]. The van der Waals surface area contributed by atoms with Gasteiger partial charge in [0.1, 0.15) is 11.3 Å². The molecular formula is C8H6F3NaO3. The summed E-state index contributed by atoms with van der Waals surface area (Å²) in [6.07, 6.45) is -4.61. The Morgan fingerprint density at radius 2 is 1.80 bits per heavy atom. The molecule has 0 aliphatic carbocycles. The monoisotopic (exact) mass is 230 g/mol. The first-order valence-corrected chi connectivity index (χ1v) is 3.46. The molecule has 0 amide bonds. The number of halogens is 3. The van der Waals surface area contributed by atoms with Crippen molar-refractivity contribution >= 4 is 35.5 Å². The summed E-state index contributed by atoms with van der Waals surface area (Å²) in [4.78, 5) is 10.4. The van der Waals surface area contributed by atoms with E-state index in [4.69, 9.17) is 10.2 Å². The van der Waals surface area contributed by atoms with Crippen molar-refractivity contribution in [1.82, 2.24) is 0 Å². The van der Waals surface area contributed by atoms with Crippen LogP contribution >= 0.6 is 0 Å². The maximum atomic E-state index is 12.1. The molecule has 0 saturated heterocycles. The maximum absolute atomic E-state index is 12.1. The van der Waals surface area contributed by atoms with Crippen LogP contribution in [0.3, 0.4) is 0 Å². The van der Waals surface area contributed by atoms with Crippen molar-refractivity contribution in [2.45, 2.75) is 6.18 Å². The van der Waals surface area contributed by atoms with Crippen molar-refractivity contribution in [2.75, 3.05) is 0 Å². The number of carbonyl (C=O) groups is 1. The number of hydrogen-bond acceptors (Lipinski definition) is 2. The normalized spacial score (nSPS) is 10.6. The number of hydrogen-bond donors (Lipinski definition) is 2. The Morgan fingerprint density at radius 3 is 2.20 bits per heavy atom. The van der Waals surface area contributed by atoms with Gasteiger partial charge in [0.05, 0.1) is 5.56 Å². The van der Waals surface area contributed by atoms with Gasteiger partial charge in [-0.25, -0.2) is 4.79 Å². The average Bonchev–Trinajstić information content (AvgIpc) is 2.02. The quantitative estimate of drug-likeness (QED) is 0.718. The van der Waals surface area contributed by atoms with Crippen LogP contribution in [0.15, 0.2) is 18.2 Å². The molecule has 1 aromatic carbocycles. The Balaban J connectivity index is 0.00000196. The number of aromatic hydroxyl groups is 1. The van der Waals surface area contributed by atoms with Crippen LogP contribution < -0.4 is 0 Å². The zero-order valence-corrected chi connectivity index (χ0v) is 6.67. The van der Waals surface area contributed by atoms with Crippen molar-refractivity contribution in [3.63, 3.8) is 0 Å². The molecule has 7 heteroatoms. The first kappa shape index (κ1) is 14.3. The van der Waals surface area contributed by atoms with Gasteiger partial charge in [0.2, 0.25) is 0 Å². The Kier molecular flexibility index (Phi) is 4.64. The molecule has 78 valence electrons. The van der Waals surface area contributed by atoms with Gasteiger partial charge in [0.25, 0.3) is 0 Å². The van der Waals surface area contributed by atoms with Gasteiger partial charge < -0.3 is 10.2 Å². The van der Waals surface area contributed by atoms with Gasteiger partial charge in [-0.05, 0) is 18.2 Å². The molecule has 0 radical (unpaired) electrons. The number of carboxylic acid groups (broad SMARTS) is 1. The van der Waals surface area contributed by atoms with Crippen molar-refractivity contribution in [2.24, 2.45) is 0 Å². The number of alkyl halides is 3. The molecule has 0 aromatic heterocycles. The summed E-state index contributed by atoms with van der Waals surface area (Å²) >= 11 is 0. The first-order chi connectivity index (χ1) is 6.32. The van der Waals surface area contributed by atoms with E-state index < -0.39 is 29.0 Å². The van der Waals surface area contributed by atoms with E-state index in [1.165, 1.54) is 0 Å². The molecule has 3 nitrogen and oxygen atoms in total. The molecule has 0 spiro atoms. The second-order valence-electron chi connectivity index (χ2n) is 2.53. The molecule has 1 aromatic rings. The van der Waals surface area contributed by atoms with Crippen LogP contribution in [0.2, 0.25) is 0 Å². The summed E-state index contributed by atoms with van der Waals surface area (Å²) in [6.45, 7) is 0. The molecule has 0 bridgehead atoms. The van der Waals surface area contributed by atoms with Gasteiger partial charge in [-0.15, -0.1) is 0 Å². The molecule has 0 fully saturated rings. The molecule has 2 N–H and O–H groups in total.